The maximum absolute atomic E-state index is 5.77. The lowest BCUT2D eigenvalue weighted by atomic mass is 10.0. The van der Waals surface area contributed by atoms with Gasteiger partial charge in [-0.2, -0.15) is 0 Å². The summed E-state index contributed by atoms with van der Waals surface area (Å²) in [6.07, 6.45) is 1.70. The number of anilines is 1. The van der Waals surface area contributed by atoms with Crippen molar-refractivity contribution in [1.29, 1.82) is 0 Å². The first-order valence-corrected chi connectivity index (χ1v) is 5.16. The minimum atomic E-state index is 0.782. The molecule has 0 unspecified atom stereocenters. The molecule has 0 aliphatic heterocycles. The fraction of sp³-hybridized carbons (Fsp3) is 0. The lowest BCUT2D eigenvalue weighted by molar-refractivity contribution is 0.616. The van der Waals surface area contributed by atoms with E-state index in [1.165, 1.54) is 0 Å². The number of fused-ring (bicyclic) bond motifs is 1. The third kappa shape index (κ3) is 1.44. The first-order valence-electron chi connectivity index (χ1n) is 5.16. The van der Waals surface area contributed by atoms with Gasteiger partial charge in [0.25, 0.3) is 0 Å². The van der Waals surface area contributed by atoms with E-state index >= 15 is 0 Å². The highest BCUT2D eigenvalue weighted by molar-refractivity contribution is 5.83. The van der Waals surface area contributed by atoms with Crippen LogP contribution in [0.1, 0.15) is 0 Å². The predicted molar refractivity (Wildman–Crippen MR) is 66.1 cm³/mol. The summed E-state index contributed by atoms with van der Waals surface area (Å²) in [7, 11) is 0. The SMILES string of the molecule is Nc1cccc(-c2ccc3occc3c2)c1. The molecule has 0 bridgehead atoms. The van der Waals surface area contributed by atoms with E-state index in [9.17, 15) is 0 Å². The van der Waals surface area contributed by atoms with E-state index < -0.39 is 0 Å². The van der Waals surface area contributed by atoms with Gasteiger partial charge in [0, 0.05) is 11.1 Å². The number of nitrogen functional groups attached to an aromatic ring is 1. The number of rotatable bonds is 1. The van der Waals surface area contributed by atoms with Crippen LogP contribution in [0, 0.1) is 0 Å². The Bertz CT molecular complexity index is 640. The van der Waals surface area contributed by atoms with Gasteiger partial charge in [-0.25, -0.2) is 0 Å². The van der Waals surface area contributed by atoms with Crippen molar-refractivity contribution >= 4 is 16.7 Å². The molecule has 2 nitrogen and oxygen atoms in total. The van der Waals surface area contributed by atoms with Crippen LogP contribution in [0.15, 0.2) is 59.2 Å². The van der Waals surface area contributed by atoms with Gasteiger partial charge < -0.3 is 10.2 Å². The van der Waals surface area contributed by atoms with Crippen molar-refractivity contribution in [1.82, 2.24) is 0 Å². The molecule has 0 amide bonds. The molecule has 0 fully saturated rings. The molecule has 1 heterocycles. The van der Waals surface area contributed by atoms with E-state index in [0.29, 0.717) is 0 Å². The van der Waals surface area contributed by atoms with Crippen LogP contribution < -0.4 is 5.73 Å². The second-order valence-corrected chi connectivity index (χ2v) is 3.80. The van der Waals surface area contributed by atoms with Gasteiger partial charge in [0.05, 0.1) is 6.26 Å². The van der Waals surface area contributed by atoms with Crippen LogP contribution in [0.2, 0.25) is 0 Å². The van der Waals surface area contributed by atoms with Crippen LogP contribution >= 0.6 is 0 Å². The number of hydrogen-bond acceptors (Lipinski definition) is 2. The van der Waals surface area contributed by atoms with Gasteiger partial charge in [-0.1, -0.05) is 18.2 Å². The van der Waals surface area contributed by atoms with Crippen molar-refractivity contribution in [3.05, 3.63) is 54.8 Å². The Hall–Kier alpha value is -2.22. The minimum absolute atomic E-state index is 0.782. The summed E-state index contributed by atoms with van der Waals surface area (Å²) in [5, 5.41) is 1.11. The maximum atomic E-state index is 5.77. The van der Waals surface area contributed by atoms with E-state index in [-0.39, 0.29) is 0 Å². The Morgan fingerprint density at radius 3 is 2.62 bits per heavy atom. The summed E-state index contributed by atoms with van der Waals surface area (Å²) in [6, 6.07) is 16.0. The zero-order chi connectivity index (χ0) is 11.0. The highest BCUT2D eigenvalue weighted by Crippen LogP contribution is 2.26. The molecule has 0 atom stereocenters. The van der Waals surface area contributed by atoms with Gasteiger partial charge >= 0.3 is 0 Å². The Balaban J connectivity index is 2.18. The molecule has 16 heavy (non-hydrogen) atoms. The quantitative estimate of drug-likeness (QED) is 0.621. The summed E-state index contributed by atoms with van der Waals surface area (Å²) < 4.78 is 5.31. The van der Waals surface area contributed by atoms with Crippen molar-refractivity contribution in [3.8, 4) is 11.1 Å². The molecule has 0 aliphatic carbocycles. The maximum Gasteiger partial charge on any atom is 0.133 e. The smallest absolute Gasteiger partial charge is 0.133 e. The Morgan fingerprint density at radius 2 is 1.75 bits per heavy atom. The monoisotopic (exact) mass is 209 g/mol. The lowest BCUT2D eigenvalue weighted by Gasteiger charge is -2.02. The number of hydrogen-bond donors (Lipinski definition) is 1. The fourth-order valence-electron chi connectivity index (χ4n) is 1.86. The normalized spacial score (nSPS) is 10.8. The average molecular weight is 209 g/mol. The van der Waals surface area contributed by atoms with Crippen molar-refractivity contribution in [3.63, 3.8) is 0 Å². The van der Waals surface area contributed by atoms with E-state index in [4.69, 9.17) is 10.2 Å². The van der Waals surface area contributed by atoms with Crippen LogP contribution in [0.4, 0.5) is 5.69 Å². The van der Waals surface area contributed by atoms with Gasteiger partial charge in [0.2, 0.25) is 0 Å². The molecule has 0 saturated carbocycles. The Kier molecular flexibility index (Phi) is 1.93. The van der Waals surface area contributed by atoms with Gasteiger partial charge in [-0.3, -0.25) is 0 Å². The van der Waals surface area contributed by atoms with Gasteiger partial charge in [0.15, 0.2) is 0 Å². The lowest BCUT2D eigenvalue weighted by Crippen LogP contribution is -1.84. The highest BCUT2D eigenvalue weighted by Gasteiger charge is 2.01. The summed E-state index contributed by atoms with van der Waals surface area (Å²) in [4.78, 5) is 0. The Morgan fingerprint density at radius 1 is 0.875 bits per heavy atom. The van der Waals surface area contributed by atoms with Gasteiger partial charge in [-0.05, 0) is 41.5 Å². The molecule has 0 spiro atoms. The van der Waals surface area contributed by atoms with E-state index in [1.807, 2.05) is 36.4 Å². The second kappa shape index (κ2) is 3.42. The molecular formula is C14H11NO. The minimum Gasteiger partial charge on any atom is -0.464 e. The number of benzene rings is 2. The first-order chi connectivity index (χ1) is 7.83. The van der Waals surface area contributed by atoms with Gasteiger partial charge in [-0.15, -0.1) is 0 Å². The summed E-state index contributed by atoms with van der Waals surface area (Å²) >= 11 is 0. The highest BCUT2D eigenvalue weighted by atomic mass is 16.3. The Labute approximate surface area is 93.3 Å². The third-order valence-corrected chi connectivity index (χ3v) is 2.67. The third-order valence-electron chi connectivity index (χ3n) is 2.67. The van der Waals surface area contributed by atoms with Crippen LogP contribution in [0.5, 0.6) is 0 Å². The van der Waals surface area contributed by atoms with Crippen molar-refractivity contribution in [2.45, 2.75) is 0 Å². The summed E-state index contributed by atoms with van der Waals surface area (Å²) in [5.41, 5.74) is 9.74. The fourth-order valence-corrected chi connectivity index (χ4v) is 1.86. The number of nitrogens with two attached hydrogens (primary N) is 1. The van der Waals surface area contributed by atoms with E-state index in [0.717, 1.165) is 27.8 Å². The van der Waals surface area contributed by atoms with Crippen LogP contribution in [-0.2, 0) is 0 Å². The number of furan rings is 1. The topological polar surface area (TPSA) is 39.2 Å². The predicted octanol–water partition coefficient (Wildman–Crippen LogP) is 3.68. The molecule has 0 saturated heterocycles. The second-order valence-electron chi connectivity index (χ2n) is 3.80. The van der Waals surface area contributed by atoms with Crippen LogP contribution in [-0.4, -0.2) is 0 Å². The first kappa shape index (κ1) is 9.04. The summed E-state index contributed by atoms with van der Waals surface area (Å²) in [5.74, 6) is 0. The molecule has 2 aromatic carbocycles. The largest absolute Gasteiger partial charge is 0.464 e. The molecular weight excluding hydrogens is 198 g/mol. The van der Waals surface area contributed by atoms with Crippen molar-refractivity contribution < 1.29 is 4.42 Å². The van der Waals surface area contributed by atoms with Crippen LogP contribution in [0.25, 0.3) is 22.1 Å². The van der Waals surface area contributed by atoms with Crippen molar-refractivity contribution in [2.24, 2.45) is 0 Å². The van der Waals surface area contributed by atoms with Gasteiger partial charge in [0.1, 0.15) is 5.58 Å². The molecule has 0 aliphatic rings. The molecule has 2 heteroatoms. The zero-order valence-electron chi connectivity index (χ0n) is 8.68. The molecule has 1 aromatic heterocycles. The molecule has 3 aromatic rings. The molecule has 78 valence electrons. The summed E-state index contributed by atoms with van der Waals surface area (Å²) in [6.45, 7) is 0. The van der Waals surface area contributed by atoms with E-state index in [2.05, 4.69) is 12.1 Å². The standard InChI is InChI=1S/C14H11NO/c15-13-3-1-2-10(9-13)11-4-5-14-12(8-11)6-7-16-14/h1-9H,15H2. The van der Waals surface area contributed by atoms with Crippen molar-refractivity contribution in [2.75, 3.05) is 5.73 Å². The van der Waals surface area contributed by atoms with E-state index in [1.54, 1.807) is 6.26 Å². The average Bonchev–Trinajstić information content (AvgIpc) is 2.75. The molecule has 2 N–H and O–H groups in total. The molecule has 3 rings (SSSR count). The zero-order valence-corrected chi connectivity index (χ0v) is 8.68. The van der Waals surface area contributed by atoms with Crippen LogP contribution in [0.3, 0.4) is 0 Å². The molecule has 0 radical (unpaired) electrons.